The molecule has 0 aliphatic heterocycles. The van der Waals surface area contributed by atoms with Crippen LogP contribution in [-0.2, 0) is 0 Å². The average molecular weight is 334 g/mol. The van der Waals surface area contributed by atoms with Crippen LogP contribution < -0.4 is 5.43 Å². The Bertz CT molecular complexity index is 915. The van der Waals surface area contributed by atoms with E-state index in [-0.39, 0.29) is 5.69 Å². The molecule has 0 spiro atoms. The van der Waals surface area contributed by atoms with E-state index in [0.717, 1.165) is 11.3 Å². The highest BCUT2D eigenvalue weighted by molar-refractivity contribution is 5.95. The van der Waals surface area contributed by atoms with Crippen LogP contribution in [0.25, 0.3) is 5.69 Å². The molecule has 124 valence electrons. The van der Waals surface area contributed by atoms with Gasteiger partial charge in [-0.1, -0.05) is 18.2 Å². The molecule has 0 radical (unpaired) electrons. The maximum atomic E-state index is 11.9. The van der Waals surface area contributed by atoms with Gasteiger partial charge in [-0.25, -0.2) is 5.43 Å². The first-order chi connectivity index (χ1) is 12.1. The van der Waals surface area contributed by atoms with Crippen molar-refractivity contribution >= 4 is 17.8 Å². The van der Waals surface area contributed by atoms with E-state index in [1.165, 1.54) is 30.5 Å². The number of para-hydroxylation sites is 1. The second-order valence-corrected chi connectivity index (χ2v) is 5.19. The molecular formula is C18H14N4O3. The number of non-ortho nitro benzene ring substituents is 1. The summed E-state index contributed by atoms with van der Waals surface area (Å²) < 4.78 is 1.94. The standard InChI is InChI=1S/C18H14N4O3/c23-18(15-6-8-17(9-7-15)22(24)25)20-19-12-14-10-11-21(13-14)16-4-2-1-3-5-16/h1-13H,(H,20,23)/b19-12-. The number of nitro benzene ring substituents is 1. The molecule has 3 rings (SSSR count). The van der Waals surface area contributed by atoms with Gasteiger partial charge in [0.2, 0.25) is 0 Å². The van der Waals surface area contributed by atoms with Crippen LogP contribution in [0.4, 0.5) is 5.69 Å². The molecule has 3 aromatic rings. The minimum atomic E-state index is -0.517. The Kier molecular flexibility index (Phi) is 4.66. The van der Waals surface area contributed by atoms with Crippen molar-refractivity contribution in [2.24, 2.45) is 5.10 Å². The highest BCUT2D eigenvalue weighted by Gasteiger charge is 2.08. The van der Waals surface area contributed by atoms with Gasteiger partial charge in [-0.15, -0.1) is 0 Å². The quantitative estimate of drug-likeness (QED) is 0.441. The van der Waals surface area contributed by atoms with E-state index >= 15 is 0 Å². The van der Waals surface area contributed by atoms with Gasteiger partial charge in [-0.3, -0.25) is 14.9 Å². The summed E-state index contributed by atoms with van der Waals surface area (Å²) in [5, 5.41) is 14.5. The van der Waals surface area contributed by atoms with Crippen molar-refractivity contribution in [1.82, 2.24) is 9.99 Å². The van der Waals surface area contributed by atoms with Crippen molar-refractivity contribution in [3.05, 3.63) is 94.3 Å². The molecule has 1 amide bonds. The molecule has 25 heavy (non-hydrogen) atoms. The molecule has 0 fully saturated rings. The first kappa shape index (κ1) is 16.1. The Balaban J connectivity index is 1.62. The number of amides is 1. The summed E-state index contributed by atoms with van der Waals surface area (Å²) in [5.74, 6) is -0.436. The van der Waals surface area contributed by atoms with Gasteiger partial charge in [0.1, 0.15) is 0 Å². The second kappa shape index (κ2) is 7.22. The molecule has 0 aliphatic rings. The predicted molar refractivity (Wildman–Crippen MR) is 93.9 cm³/mol. The number of carbonyl (C=O) groups is 1. The molecule has 2 aromatic carbocycles. The molecule has 7 nitrogen and oxygen atoms in total. The van der Waals surface area contributed by atoms with E-state index in [4.69, 9.17) is 0 Å². The van der Waals surface area contributed by atoms with Crippen molar-refractivity contribution < 1.29 is 9.72 Å². The predicted octanol–water partition coefficient (Wildman–Crippen LogP) is 3.15. The maximum Gasteiger partial charge on any atom is 0.271 e. The number of rotatable bonds is 5. The number of carbonyl (C=O) groups excluding carboxylic acids is 1. The number of benzene rings is 2. The van der Waals surface area contributed by atoms with Crippen molar-refractivity contribution in [3.63, 3.8) is 0 Å². The number of hydrazone groups is 1. The fourth-order valence-corrected chi connectivity index (χ4v) is 2.21. The van der Waals surface area contributed by atoms with Gasteiger partial charge in [0.15, 0.2) is 0 Å². The van der Waals surface area contributed by atoms with Gasteiger partial charge < -0.3 is 4.57 Å². The Labute approximate surface area is 143 Å². The van der Waals surface area contributed by atoms with E-state index in [0.29, 0.717) is 5.56 Å². The molecule has 0 bridgehead atoms. The van der Waals surface area contributed by atoms with Gasteiger partial charge >= 0.3 is 0 Å². The van der Waals surface area contributed by atoms with E-state index in [9.17, 15) is 14.9 Å². The number of nitrogens with one attached hydrogen (secondary N) is 1. The first-order valence-corrected chi connectivity index (χ1v) is 7.45. The van der Waals surface area contributed by atoms with Crippen LogP contribution in [0.15, 0.2) is 78.2 Å². The summed E-state index contributed by atoms with van der Waals surface area (Å²) in [6, 6.07) is 17.0. The zero-order valence-corrected chi connectivity index (χ0v) is 13.1. The van der Waals surface area contributed by atoms with E-state index in [2.05, 4.69) is 10.5 Å². The van der Waals surface area contributed by atoms with Crippen LogP contribution in [-0.4, -0.2) is 21.6 Å². The smallest absolute Gasteiger partial charge is 0.271 e. The second-order valence-electron chi connectivity index (χ2n) is 5.19. The average Bonchev–Trinajstić information content (AvgIpc) is 3.11. The molecule has 1 aromatic heterocycles. The third-order valence-electron chi connectivity index (χ3n) is 3.49. The van der Waals surface area contributed by atoms with E-state index < -0.39 is 10.8 Å². The molecule has 0 aliphatic carbocycles. The fraction of sp³-hybridized carbons (Fsp3) is 0. The molecule has 0 saturated carbocycles. The third kappa shape index (κ3) is 3.97. The highest BCUT2D eigenvalue weighted by atomic mass is 16.6. The minimum Gasteiger partial charge on any atom is -0.323 e. The monoisotopic (exact) mass is 334 g/mol. The zero-order valence-electron chi connectivity index (χ0n) is 13.1. The first-order valence-electron chi connectivity index (χ1n) is 7.45. The Morgan fingerprint density at radius 1 is 1.08 bits per heavy atom. The van der Waals surface area contributed by atoms with E-state index in [1.54, 1.807) is 0 Å². The normalized spacial score (nSPS) is 10.7. The summed E-state index contributed by atoms with van der Waals surface area (Å²) in [6.07, 6.45) is 5.31. The van der Waals surface area contributed by atoms with Crippen LogP contribution in [0.3, 0.4) is 0 Å². The molecular weight excluding hydrogens is 320 g/mol. The van der Waals surface area contributed by atoms with Crippen molar-refractivity contribution in [1.29, 1.82) is 0 Å². The number of nitro groups is 1. The van der Waals surface area contributed by atoms with Gasteiger partial charge in [0.25, 0.3) is 11.6 Å². The summed E-state index contributed by atoms with van der Waals surface area (Å²) >= 11 is 0. The molecule has 1 N–H and O–H groups in total. The van der Waals surface area contributed by atoms with Crippen molar-refractivity contribution in [3.8, 4) is 5.69 Å². The fourth-order valence-electron chi connectivity index (χ4n) is 2.21. The van der Waals surface area contributed by atoms with Crippen LogP contribution in [0.2, 0.25) is 0 Å². The molecule has 0 atom stereocenters. The van der Waals surface area contributed by atoms with Gasteiger partial charge in [-0.2, -0.15) is 5.10 Å². The SMILES string of the molecule is O=C(N/N=C\c1ccn(-c2ccccc2)c1)c1ccc([N+](=O)[O-])cc1. The van der Waals surface area contributed by atoms with Gasteiger partial charge in [-0.05, 0) is 30.3 Å². The summed E-state index contributed by atoms with van der Waals surface area (Å²) in [7, 11) is 0. The van der Waals surface area contributed by atoms with Crippen LogP contribution in [0.5, 0.6) is 0 Å². The van der Waals surface area contributed by atoms with E-state index in [1.807, 2.05) is 53.4 Å². The Morgan fingerprint density at radius 2 is 1.80 bits per heavy atom. The molecule has 0 saturated heterocycles. The lowest BCUT2D eigenvalue weighted by atomic mass is 10.2. The number of hydrogen-bond donors (Lipinski definition) is 1. The minimum absolute atomic E-state index is 0.0673. The zero-order chi connectivity index (χ0) is 17.6. The van der Waals surface area contributed by atoms with Crippen molar-refractivity contribution in [2.45, 2.75) is 0 Å². The Hall–Kier alpha value is -3.74. The Morgan fingerprint density at radius 3 is 2.48 bits per heavy atom. The lowest BCUT2D eigenvalue weighted by Gasteiger charge is -2.00. The summed E-state index contributed by atoms with van der Waals surface area (Å²) in [4.78, 5) is 22.0. The van der Waals surface area contributed by atoms with Gasteiger partial charge in [0.05, 0.1) is 11.1 Å². The third-order valence-corrected chi connectivity index (χ3v) is 3.49. The van der Waals surface area contributed by atoms with Gasteiger partial charge in [0, 0.05) is 41.3 Å². The molecule has 7 heteroatoms. The molecule has 0 unspecified atom stereocenters. The lowest BCUT2D eigenvalue weighted by Crippen LogP contribution is -2.17. The van der Waals surface area contributed by atoms with Crippen LogP contribution in [0, 0.1) is 10.1 Å². The highest BCUT2D eigenvalue weighted by Crippen LogP contribution is 2.12. The summed E-state index contributed by atoms with van der Waals surface area (Å²) in [6.45, 7) is 0. The van der Waals surface area contributed by atoms with Crippen molar-refractivity contribution in [2.75, 3.05) is 0 Å². The number of nitrogens with zero attached hydrogens (tertiary/aromatic N) is 3. The largest absolute Gasteiger partial charge is 0.323 e. The topological polar surface area (TPSA) is 89.5 Å². The number of hydrogen-bond acceptors (Lipinski definition) is 4. The van der Waals surface area contributed by atoms with Crippen LogP contribution >= 0.6 is 0 Å². The lowest BCUT2D eigenvalue weighted by molar-refractivity contribution is -0.384. The molecule has 1 heterocycles. The van der Waals surface area contributed by atoms with Crippen LogP contribution in [0.1, 0.15) is 15.9 Å². The number of aromatic nitrogens is 1. The maximum absolute atomic E-state index is 11.9. The summed E-state index contributed by atoms with van der Waals surface area (Å²) in [5.41, 5.74) is 4.48.